The lowest BCUT2D eigenvalue weighted by Gasteiger charge is -2.23. The largest absolute Gasteiger partial charge is 0.387 e. The second kappa shape index (κ2) is 10.9. The molecule has 2 atom stereocenters. The number of carbonyl (C=O) groups excluding carboxylic acids is 1. The number of imidazole rings is 1. The smallest absolute Gasteiger partial charge is 0.255 e. The van der Waals surface area contributed by atoms with Crippen LogP contribution in [0.1, 0.15) is 51.9 Å². The third-order valence-corrected chi connectivity index (χ3v) is 5.53. The Balaban J connectivity index is 1.89. The van der Waals surface area contributed by atoms with E-state index in [0.29, 0.717) is 22.7 Å². The molecule has 11 nitrogen and oxygen atoms in total. The van der Waals surface area contributed by atoms with E-state index in [0.717, 1.165) is 0 Å². The Hall–Kier alpha value is -3.45. The van der Waals surface area contributed by atoms with E-state index in [1.54, 1.807) is 10.6 Å². The third-order valence-electron chi connectivity index (χ3n) is 5.53. The number of rotatable bonds is 11. The maximum atomic E-state index is 14.1. The van der Waals surface area contributed by atoms with Gasteiger partial charge in [-0.25, -0.2) is 23.7 Å². The summed E-state index contributed by atoms with van der Waals surface area (Å²) >= 11 is 0. The van der Waals surface area contributed by atoms with Gasteiger partial charge in [0, 0.05) is 18.3 Å². The molecular formula is C24H34F2N8O3. The number of hydrogen-bond donors (Lipinski definition) is 5. The van der Waals surface area contributed by atoms with Gasteiger partial charge in [0.05, 0.1) is 41.7 Å². The van der Waals surface area contributed by atoms with Gasteiger partial charge in [0.15, 0.2) is 5.65 Å². The summed E-state index contributed by atoms with van der Waals surface area (Å²) in [4.78, 5) is 30.0. The van der Waals surface area contributed by atoms with Gasteiger partial charge in [-0.15, -0.1) is 0 Å². The van der Waals surface area contributed by atoms with Crippen molar-refractivity contribution in [3.63, 3.8) is 0 Å². The number of carbonyl (C=O) groups is 1. The highest BCUT2D eigenvalue weighted by Crippen LogP contribution is 2.23. The quantitative estimate of drug-likeness (QED) is 0.257. The number of aliphatic hydroxyl groups is 2. The van der Waals surface area contributed by atoms with Gasteiger partial charge in [-0.2, -0.15) is 4.98 Å². The summed E-state index contributed by atoms with van der Waals surface area (Å²) in [6, 6.07) is 1.61. The lowest BCUT2D eigenvalue weighted by molar-refractivity contribution is -0.00179. The Bertz CT molecular complexity index is 1240. The molecule has 1 amide bonds. The molecule has 37 heavy (non-hydrogen) atoms. The van der Waals surface area contributed by atoms with Gasteiger partial charge in [0.25, 0.3) is 5.91 Å². The molecule has 3 aromatic heterocycles. The van der Waals surface area contributed by atoms with Crippen molar-refractivity contribution in [3.05, 3.63) is 30.4 Å². The summed E-state index contributed by atoms with van der Waals surface area (Å²) in [7, 11) is 0. The van der Waals surface area contributed by atoms with Crippen molar-refractivity contribution >= 4 is 28.7 Å². The SMILES string of the molecule is CC(C)Nc1cc(-n2cnc3cnc(NCC(F)C(C)(C)O)nc32)ncc1C(=O)NCC(F)C(C)(C)O. The number of nitrogens with zero attached hydrogens (tertiary/aromatic N) is 5. The molecule has 0 spiro atoms. The van der Waals surface area contributed by atoms with Crippen molar-refractivity contribution in [1.29, 1.82) is 0 Å². The molecular weight excluding hydrogens is 486 g/mol. The van der Waals surface area contributed by atoms with Crippen molar-refractivity contribution in [1.82, 2.24) is 29.8 Å². The molecule has 5 N–H and O–H groups in total. The van der Waals surface area contributed by atoms with Gasteiger partial charge < -0.3 is 26.2 Å². The van der Waals surface area contributed by atoms with Crippen LogP contribution in [0, 0.1) is 0 Å². The molecule has 2 unspecified atom stereocenters. The number of hydrogen-bond acceptors (Lipinski definition) is 9. The zero-order valence-electron chi connectivity index (χ0n) is 21.8. The molecule has 3 aromatic rings. The van der Waals surface area contributed by atoms with Crippen LogP contribution in [0.15, 0.2) is 24.8 Å². The average Bonchev–Trinajstić information content (AvgIpc) is 3.22. The first-order chi connectivity index (χ1) is 17.2. The highest BCUT2D eigenvalue weighted by atomic mass is 19.1. The molecule has 3 rings (SSSR count). The van der Waals surface area contributed by atoms with Gasteiger partial charge in [0.1, 0.15) is 30.0 Å². The lowest BCUT2D eigenvalue weighted by atomic mass is 10.0. The number of amides is 1. The van der Waals surface area contributed by atoms with Crippen LogP contribution in [-0.4, -0.2) is 83.3 Å². The second-order valence-corrected chi connectivity index (χ2v) is 10.2. The van der Waals surface area contributed by atoms with E-state index in [9.17, 15) is 23.8 Å². The fourth-order valence-corrected chi connectivity index (χ4v) is 3.21. The Morgan fingerprint density at radius 1 is 1.03 bits per heavy atom. The van der Waals surface area contributed by atoms with Gasteiger partial charge in [0.2, 0.25) is 5.95 Å². The minimum atomic E-state index is -1.65. The van der Waals surface area contributed by atoms with Crippen LogP contribution in [0.5, 0.6) is 0 Å². The summed E-state index contributed by atoms with van der Waals surface area (Å²) < 4.78 is 29.8. The van der Waals surface area contributed by atoms with Crippen molar-refractivity contribution < 1.29 is 23.8 Å². The molecule has 0 radical (unpaired) electrons. The molecule has 0 saturated carbocycles. The summed E-state index contributed by atoms with van der Waals surface area (Å²) in [5, 5.41) is 28.0. The van der Waals surface area contributed by atoms with Crippen molar-refractivity contribution in [3.8, 4) is 5.82 Å². The monoisotopic (exact) mass is 520 g/mol. The van der Waals surface area contributed by atoms with Gasteiger partial charge in [-0.05, 0) is 41.5 Å². The molecule has 0 aromatic carbocycles. The number of anilines is 2. The summed E-state index contributed by atoms with van der Waals surface area (Å²) in [6.07, 6.45) is 1.13. The molecule has 0 saturated heterocycles. The first kappa shape index (κ1) is 28.1. The minimum absolute atomic E-state index is 0.0332. The van der Waals surface area contributed by atoms with Crippen LogP contribution in [0.25, 0.3) is 17.0 Å². The first-order valence-electron chi connectivity index (χ1n) is 11.9. The summed E-state index contributed by atoms with van der Waals surface area (Å²) in [5.41, 5.74) is -1.60. The average molecular weight is 521 g/mol. The first-order valence-corrected chi connectivity index (χ1v) is 11.9. The predicted octanol–water partition coefficient (Wildman–Crippen LogP) is 2.39. The number of halogens is 2. The standard InChI is InChI=1S/C24H34F2N8O3/c1-13(2)32-15-7-19(27-8-14(15)21(35)28-10-17(25)23(3,4)36)34-12-31-16-9-29-22(33-20(16)34)30-11-18(26)24(5,6)37/h7-9,12-13,17-18,36-37H,10-11H2,1-6H3,(H,27,32)(H,28,35)(H,29,30,33). The van der Waals surface area contributed by atoms with E-state index in [1.165, 1.54) is 46.4 Å². The Morgan fingerprint density at radius 3 is 2.30 bits per heavy atom. The molecule has 202 valence electrons. The molecule has 0 fully saturated rings. The van der Waals surface area contributed by atoms with Crippen LogP contribution in [0.4, 0.5) is 20.4 Å². The van der Waals surface area contributed by atoms with Crippen LogP contribution in [-0.2, 0) is 0 Å². The third kappa shape index (κ3) is 7.07. The van der Waals surface area contributed by atoms with Crippen LogP contribution in [0.2, 0.25) is 0 Å². The molecule has 13 heteroatoms. The predicted molar refractivity (Wildman–Crippen MR) is 136 cm³/mol. The van der Waals surface area contributed by atoms with Gasteiger partial charge >= 0.3 is 0 Å². The zero-order chi connectivity index (χ0) is 27.5. The Labute approximate surface area is 213 Å². The number of nitrogens with one attached hydrogen (secondary N) is 3. The topological polar surface area (TPSA) is 150 Å². The molecule has 0 bridgehead atoms. The molecule has 3 heterocycles. The van der Waals surface area contributed by atoms with E-state index in [-0.39, 0.29) is 30.6 Å². The second-order valence-electron chi connectivity index (χ2n) is 10.2. The van der Waals surface area contributed by atoms with E-state index >= 15 is 0 Å². The highest BCUT2D eigenvalue weighted by molar-refractivity contribution is 5.99. The van der Waals surface area contributed by atoms with Crippen LogP contribution >= 0.6 is 0 Å². The van der Waals surface area contributed by atoms with E-state index in [4.69, 9.17) is 0 Å². The van der Waals surface area contributed by atoms with Crippen LogP contribution < -0.4 is 16.0 Å². The molecule has 0 aliphatic carbocycles. The summed E-state index contributed by atoms with van der Waals surface area (Å²) in [5.74, 6) is -0.0113. The summed E-state index contributed by atoms with van der Waals surface area (Å²) in [6.45, 7) is 8.65. The van der Waals surface area contributed by atoms with Gasteiger partial charge in [-0.3, -0.25) is 9.36 Å². The Kier molecular flexibility index (Phi) is 8.28. The number of aromatic nitrogens is 5. The maximum absolute atomic E-state index is 14.1. The highest BCUT2D eigenvalue weighted by Gasteiger charge is 2.28. The number of pyridine rings is 1. The normalized spacial score (nSPS) is 14.0. The van der Waals surface area contributed by atoms with Gasteiger partial charge in [-0.1, -0.05) is 0 Å². The van der Waals surface area contributed by atoms with Crippen LogP contribution in [0.3, 0.4) is 0 Å². The lowest BCUT2D eigenvalue weighted by Crippen LogP contribution is -2.42. The van der Waals surface area contributed by atoms with E-state index in [1.807, 2.05) is 13.8 Å². The minimum Gasteiger partial charge on any atom is -0.387 e. The number of alkyl halides is 2. The molecule has 0 aliphatic rings. The fourth-order valence-electron chi connectivity index (χ4n) is 3.21. The van der Waals surface area contributed by atoms with Crippen molar-refractivity contribution in [2.45, 2.75) is 71.1 Å². The Morgan fingerprint density at radius 2 is 1.68 bits per heavy atom. The zero-order valence-corrected chi connectivity index (χ0v) is 21.8. The van der Waals surface area contributed by atoms with Crippen molar-refractivity contribution in [2.75, 3.05) is 23.7 Å². The fraction of sp³-hybridized carbons (Fsp3) is 0.542. The van der Waals surface area contributed by atoms with E-state index < -0.39 is 29.5 Å². The maximum Gasteiger partial charge on any atom is 0.255 e. The number of fused-ring (bicyclic) bond motifs is 1. The van der Waals surface area contributed by atoms with E-state index in [2.05, 4.69) is 35.9 Å². The molecule has 0 aliphatic heterocycles. The van der Waals surface area contributed by atoms with Crippen molar-refractivity contribution in [2.24, 2.45) is 0 Å².